The van der Waals surface area contributed by atoms with Crippen molar-refractivity contribution in [3.05, 3.63) is 34.9 Å². The first-order valence-electron chi connectivity index (χ1n) is 8.44. The van der Waals surface area contributed by atoms with Crippen molar-refractivity contribution < 1.29 is 9.90 Å². The molecule has 1 aromatic rings. The Bertz CT molecular complexity index is 575. The lowest BCUT2D eigenvalue weighted by Crippen LogP contribution is -2.38. The number of rotatable bonds is 2. The molecular formula is C19H27NO2. The fourth-order valence-corrected chi connectivity index (χ4v) is 3.65. The molecule has 0 aromatic heterocycles. The molecule has 2 aliphatic rings. The van der Waals surface area contributed by atoms with Gasteiger partial charge in [-0.3, -0.25) is 4.79 Å². The number of hydrogen-bond acceptors (Lipinski definition) is 2. The van der Waals surface area contributed by atoms with Crippen LogP contribution in [0.2, 0.25) is 0 Å². The van der Waals surface area contributed by atoms with Gasteiger partial charge in [0.1, 0.15) is 0 Å². The topological polar surface area (TPSA) is 40.5 Å². The van der Waals surface area contributed by atoms with Crippen LogP contribution in [0.3, 0.4) is 0 Å². The summed E-state index contributed by atoms with van der Waals surface area (Å²) in [5, 5.41) is 10.1. The van der Waals surface area contributed by atoms with E-state index in [4.69, 9.17) is 0 Å². The van der Waals surface area contributed by atoms with Gasteiger partial charge in [-0.1, -0.05) is 31.5 Å². The summed E-state index contributed by atoms with van der Waals surface area (Å²) in [5.74, 6) is 0.720. The van der Waals surface area contributed by atoms with Crippen molar-refractivity contribution in [3.63, 3.8) is 0 Å². The maximum Gasteiger partial charge on any atom is 0.254 e. The molecule has 1 aliphatic heterocycles. The van der Waals surface area contributed by atoms with Crippen molar-refractivity contribution in [2.24, 2.45) is 5.41 Å². The van der Waals surface area contributed by atoms with Gasteiger partial charge in [0.05, 0.1) is 6.10 Å². The van der Waals surface area contributed by atoms with Crippen molar-refractivity contribution in [2.75, 3.05) is 13.1 Å². The number of amides is 1. The van der Waals surface area contributed by atoms with E-state index >= 15 is 0 Å². The van der Waals surface area contributed by atoms with Crippen molar-refractivity contribution >= 4 is 5.91 Å². The highest BCUT2D eigenvalue weighted by Gasteiger charge is 2.34. The first-order chi connectivity index (χ1) is 10.4. The van der Waals surface area contributed by atoms with Crippen LogP contribution in [0.1, 0.15) is 66.9 Å². The molecule has 120 valence electrons. The van der Waals surface area contributed by atoms with Crippen LogP contribution in [0.4, 0.5) is 0 Å². The molecule has 0 bridgehead atoms. The van der Waals surface area contributed by atoms with Crippen LogP contribution in [-0.4, -0.2) is 35.1 Å². The molecule has 3 nitrogen and oxygen atoms in total. The molecule has 0 radical (unpaired) electrons. The molecule has 1 atom stereocenters. The van der Waals surface area contributed by atoms with Crippen molar-refractivity contribution in [3.8, 4) is 0 Å². The second kappa shape index (κ2) is 5.69. The standard InChI is InChI=1S/C19H27NO2/c1-13-4-7-16(14-5-6-14)17(10-13)18(22)20-9-8-15(21)11-19(2,3)12-20/h4,7,10,14-15,21H,5-6,8-9,11-12H2,1-3H3. The van der Waals surface area contributed by atoms with Crippen LogP contribution in [-0.2, 0) is 0 Å². The Labute approximate surface area is 133 Å². The Morgan fingerprint density at radius 2 is 2.00 bits per heavy atom. The minimum absolute atomic E-state index is 0.0326. The zero-order valence-electron chi connectivity index (χ0n) is 13.9. The number of carbonyl (C=O) groups excluding carboxylic acids is 1. The molecule has 2 fully saturated rings. The second-order valence-corrected chi connectivity index (χ2v) is 7.90. The third-order valence-electron chi connectivity index (χ3n) is 4.88. The maximum absolute atomic E-state index is 13.1. The predicted octanol–water partition coefficient (Wildman–Crippen LogP) is 3.50. The van der Waals surface area contributed by atoms with E-state index < -0.39 is 0 Å². The SMILES string of the molecule is Cc1ccc(C2CC2)c(C(=O)N2CCC(O)CC(C)(C)C2)c1. The molecule has 1 N–H and O–H groups in total. The Morgan fingerprint density at radius 1 is 1.27 bits per heavy atom. The largest absolute Gasteiger partial charge is 0.393 e. The summed E-state index contributed by atoms with van der Waals surface area (Å²) in [7, 11) is 0. The third-order valence-corrected chi connectivity index (χ3v) is 4.88. The highest BCUT2D eigenvalue weighted by molar-refractivity contribution is 5.96. The minimum Gasteiger partial charge on any atom is -0.393 e. The molecule has 1 saturated carbocycles. The van der Waals surface area contributed by atoms with E-state index in [2.05, 4.69) is 26.0 Å². The van der Waals surface area contributed by atoms with Crippen LogP contribution in [0.15, 0.2) is 18.2 Å². The monoisotopic (exact) mass is 301 g/mol. The molecule has 1 saturated heterocycles. The number of nitrogens with zero attached hydrogens (tertiary/aromatic N) is 1. The first-order valence-corrected chi connectivity index (χ1v) is 8.44. The summed E-state index contributed by atoms with van der Waals surface area (Å²) in [5.41, 5.74) is 3.21. The molecule has 1 heterocycles. The molecule has 3 rings (SSSR count). The highest BCUT2D eigenvalue weighted by atomic mass is 16.3. The summed E-state index contributed by atoms with van der Waals surface area (Å²) in [6, 6.07) is 6.29. The van der Waals surface area contributed by atoms with E-state index in [-0.39, 0.29) is 17.4 Å². The molecule has 0 spiro atoms. The average Bonchev–Trinajstić information content (AvgIpc) is 3.26. The first kappa shape index (κ1) is 15.5. The average molecular weight is 301 g/mol. The van der Waals surface area contributed by atoms with E-state index in [1.165, 1.54) is 18.4 Å². The summed E-state index contributed by atoms with van der Waals surface area (Å²) in [6.45, 7) is 7.70. The number of likely N-dealkylation sites (tertiary alicyclic amines) is 1. The fraction of sp³-hybridized carbons (Fsp3) is 0.632. The number of aliphatic hydroxyl groups excluding tert-OH is 1. The van der Waals surface area contributed by atoms with Gasteiger partial charge in [-0.15, -0.1) is 0 Å². The Morgan fingerprint density at radius 3 is 2.68 bits per heavy atom. The summed E-state index contributed by atoms with van der Waals surface area (Å²) in [4.78, 5) is 15.1. The molecule has 3 heteroatoms. The molecule has 1 aromatic carbocycles. The smallest absolute Gasteiger partial charge is 0.254 e. The van der Waals surface area contributed by atoms with Gasteiger partial charge in [0.25, 0.3) is 5.91 Å². The molecule has 1 unspecified atom stereocenters. The van der Waals surface area contributed by atoms with Crippen molar-refractivity contribution in [2.45, 2.75) is 58.5 Å². The van der Waals surface area contributed by atoms with Crippen molar-refractivity contribution in [1.82, 2.24) is 4.90 Å². The molecule has 22 heavy (non-hydrogen) atoms. The van der Waals surface area contributed by atoms with Gasteiger partial charge in [-0.2, -0.15) is 0 Å². The number of benzene rings is 1. The van der Waals surface area contributed by atoms with Crippen LogP contribution in [0.25, 0.3) is 0 Å². The lowest BCUT2D eigenvalue weighted by atomic mass is 9.87. The molecule has 1 aliphatic carbocycles. The van der Waals surface area contributed by atoms with Gasteiger partial charge in [0, 0.05) is 18.7 Å². The van der Waals surface area contributed by atoms with Crippen LogP contribution < -0.4 is 0 Å². The lowest BCUT2D eigenvalue weighted by Gasteiger charge is -2.30. The van der Waals surface area contributed by atoms with Gasteiger partial charge in [0.2, 0.25) is 0 Å². The lowest BCUT2D eigenvalue weighted by molar-refractivity contribution is 0.0703. The van der Waals surface area contributed by atoms with Gasteiger partial charge in [-0.25, -0.2) is 0 Å². The second-order valence-electron chi connectivity index (χ2n) is 7.90. The van der Waals surface area contributed by atoms with Gasteiger partial charge >= 0.3 is 0 Å². The van der Waals surface area contributed by atoms with E-state index in [0.717, 1.165) is 24.1 Å². The van der Waals surface area contributed by atoms with E-state index in [1.54, 1.807) is 0 Å². The predicted molar refractivity (Wildman–Crippen MR) is 88.1 cm³/mol. The third kappa shape index (κ3) is 3.35. The zero-order chi connectivity index (χ0) is 15.9. The molecular weight excluding hydrogens is 274 g/mol. The normalized spacial score (nSPS) is 24.9. The van der Waals surface area contributed by atoms with Crippen LogP contribution in [0, 0.1) is 12.3 Å². The van der Waals surface area contributed by atoms with Crippen LogP contribution >= 0.6 is 0 Å². The zero-order valence-corrected chi connectivity index (χ0v) is 13.9. The number of carbonyl (C=O) groups is 1. The minimum atomic E-state index is -0.298. The Kier molecular flexibility index (Phi) is 4.02. The van der Waals surface area contributed by atoms with Crippen molar-refractivity contribution in [1.29, 1.82) is 0 Å². The highest BCUT2D eigenvalue weighted by Crippen LogP contribution is 2.42. The maximum atomic E-state index is 13.1. The van der Waals surface area contributed by atoms with E-state index in [9.17, 15) is 9.90 Å². The quantitative estimate of drug-likeness (QED) is 0.908. The summed E-state index contributed by atoms with van der Waals surface area (Å²) >= 11 is 0. The Balaban J connectivity index is 1.88. The summed E-state index contributed by atoms with van der Waals surface area (Å²) < 4.78 is 0. The van der Waals surface area contributed by atoms with E-state index in [0.29, 0.717) is 18.9 Å². The van der Waals surface area contributed by atoms with Gasteiger partial charge in [-0.05, 0) is 55.6 Å². The number of hydrogen-bond donors (Lipinski definition) is 1. The van der Waals surface area contributed by atoms with Crippen LogP contribution in [0.5, 0.6) is 0 Å². The van der Waals surface area contributed by atoms with E-state index in [1.807, 2.05) is 17.9 Å². The fourth-order valence-electron chi connectivity index (χ4n) is 3.65. The Hall–Kier alpha value is -1.35. The molecule has 1 amide bonds. The number of aliphatic hydroxyl groups is 1. The van der Waals surface area contributed by atoms with Gasteiger partial charge < -0.3 is 10.0 Å². The van der Waals surface area contributed by atoms with Gasteiger partial charge in [0.15, 0.2) is 0 Å². The summed E-state index contributed by atoms with van der Waals surface area (Å²) in [6.07, 6.45) is 3.55. The number of aryl methyl sites for hydroxylation is 1.